The molecule has 0 saturated carbocycles. The van der Waals surface area contributed by atoms with Crippen molar-refractivity contribution in [2.24, 2.45) is 5.73 Å². The lowest BCUT2D eigenvalue weighted by Crippen LogP contribution is -2.19. The number of rotatable bonds is 1. The molecule has 1 atom stereocenters. The van der Waals surface area contributed by atoms with Crippen molar-refractivity contribution in [3.8, 4) is 5.75 Å². The van der Waals surface area contributed by atoms with Gasteiger partial charge >= 0.3 is 0 Å². The predicted octanol–water partition coefficient (Wildman–Crippen LogP) is 1.54. The Hall–Kier alpha value is -0.730. The molecule has 0 bridgehead atoms. The van der Waals surface area contributed by atoms with Gasteiger partial charge in [-0.1, -0.05) is 12.1 Å². The third-order valence-corrected chi connectivity index (χ3v) is 2.40. The van der Waals surface area contributed by atoms with Crippen molar-refractivity contribution in [1.29, 1.82) is 0 Å². The molecule has 13 heavy (non-hydrogen) atoms. The average Bonchev–Trinajstić information content (AvgIpc) is 2.44. The summed E-state index contributed by atoms with van der Waals surface area (Å²) in [5.74, 6) is 0.987. The van der Waals surface area contributed by atoms with Crippen molar-refractivity contribution in [2.45, 2.75) is 18.9 Å². The van der Waals surface area contributed by atoms with Crippen molar-refractivity contribution in [3.63, 3.8) is 0 Å². The molecule has 2 rings (SSSR count). The zero-order valence-corrected chi connectivity index (χ0v) is 8.43. The Morgan fingerprint density at radius 3 is 2.85 bits per heavy atom. The van der Waals surface area contributed by atoms with Crippen molar-refractivity contribution in [2.75, 3.05) is 7.11 Å². The van der Waals surface area contributed by atoms with E-state index in [2.05, 4.69) is 6.07 Å². The highest BCUT2D eigenvalue weighted by atomic mass is 35.5. The fourth-order valence-electron chi connectivity index (χ4n) is 1.84. The highest BCUT2D eigenvalue weighted by Gasteiger charge is 2.20. The van der Waals surface area contributed by atoms with E-state index in [-0.39, 0.29) is 18.4 Å². The first-order chi connectivity index (χ1) is 5.81. The molecule has 0 aliphatic heterocycles. The Morgan fingerprint density at radius 2 is 2.15 bits per heavy atom. The van der Waals surface area contributed by atoms with Crippen LogP contribution in [-0.2, 0) is 12.8 Å². The van der Waals surface area contributed by atoms with E-state index in [1.165, 1.54) is 11.1 Å². The zero-order chi connectivity index (χ0) is 8.55. The van der Waals surface area contributed by atoms with Crippen LogP contribution >= 0.6 is 12.4 Å². The SMILES string of the molecule is COc1cccc2c1C[C@@H](N)C2.Cl. The number of halogens is 1. The molecule has 1 aromatic carbocycles. The summed E-state index contributed by atoms with van der Waals surface area (Å²) in [5.41, 5.74) is 8.50. The maximum absolute atomic E-state index is 5.85. The van der Waals surface area contributed by atoms with Crippen molar-refractivity contribution in [1.82, 2.24) is 0 Å². The standard InChI is InChI=1S/C10H13NO.ClH/c1-12-10-4-2-3-7-5-8(11)6-9(7)10;/h2-4,8H,5-6,11H2,1H3;1H/t8-;/m0./s1. The molecule has 0 heterocycles. The zero-order valence-electron chi connectivity index (χ0n) is 7.62. The summed E-state index contributed by atoms with van der Waals surface area (Å²) in [6.07, 6.45) is 1.95. The highest BCUT2D eigenvalue weighted by molar-refractivity contribution is 5.85. The van der Waals surface area contributed by atoms with Crippen molar-refractivity contribution < 1.29 is 4.74 Å². The van der Waals surface area contributed by atoms with E-state index in [9.17, 15) is 0 Å². The molecular formula is C10H14ClNO. The molecule has 0 spiro atoms. The quantitative estimate of drug-likeness (QED) is 0.745. The van der Waals surface area contributed by atoms with Gasteiger partial charge in [0.1, 0.15) is 5.75 Å². The molecule has 3 heteroatoms. The maximum Gasteiger partial charge on any atom is 0.122 e. The van der Waals surface area contributed by atoms with E-state index >= 15 is 0 Å². The smallest absolute Gasteiger partial charge is 0.122 e. The number of hydrogen-bond donors (Lipinski definition) is 1. The van der Waals surface area contributed by atoms with Crippen LogP contribution in [0.2, 0.25) is 0 Å². The van der Waals surface area contributed by atoms with E-state index in [4.69, 9.17) is 10.5 Å². The number of methoxy groups -OCH3 is 1. The molecule has 0 amide bonds. The van der Waals surface area contributed by atoms with E-state index in [0.29, 0.717) is 0 Å². The average molecular weight is 200 g/mol. The second kappa shape index (κ2) is 3.99. The van der Waals surface area contributed by atoms with Gasteiger partial charge in [0.25, 0.3) is 0 Å². The minimum absolute atomic E-state index is 0. The Kier molecular flexibility index (Phi) is 3.17. The molecule has 1 aliphatic rings. The minimum atomic E-state index is 0. The Balaban J connectivity index is 0.000000845. The molecule has 0 fully saturated rings. The molecular weight excluding hydrogens is 186 g/mol. The second-order valence-corrected chi connectivity index (χ2v) is 3.27. The number of ether oxygens (including phenoxy) is 1. The van der Waals surface area contributed by atoms with Gasteiger partial charge in [-0.05, 0) is 30.0 Å². The summed E-state index contributed by atoms with van der Waals surface area (Å²) >= 11 is 0. The van der Waals surface area contributed by atoms with Crippen LogP contribution < -0.4 is 10.5 Å². The van der Waals surface area contributed by atoms with Gasteiger partial charge in [0.05, 0.1) is 7.11 Å². The third kappa shape index (κ3) is 1.79. The van der Waals surface area contributed by atoms with E-state index in [0.717, 1.165) is 18.6 Å². The van der Waals surface area contributed by atoms with E-state index < -0.39 is 0 Å². The summed E-state index contributed by atoms with van der Waals surface area (Å²) in [4.78, 5) is 0. The van der Waals surface area contributed by atoms with Gasteiger partial charge in [0, 0.05) is 6.04 Å². The molecule has 0 unspecified atom stereocenters. The summed E-state index contributed by atoms with van der Waals surface area (Å²) in [6, 6.07) is 6.44. The van der Waals surface area contributed by atoms with Crippen LogP contribution in [0.5, 0.6) is 5.75 Å². The molecule has 2 nitrogen and oxygen atoms in total. The van der Waals surface area contributed by atoms with Gasteiger partial charge in [-0.15, -0.1) is 12.4 Å². The predicted molar refractivity (Wildman–Crippen MR) is 55.6 cm³/mol. The second-order valence-electron chi connectivity index (χ2n) is 3.27. The molecule has 0 radical (unpaired) electrons. The Bertz CT molecular complexity index is 301. The largest absolute Gasteiger partial charge is 0.496 e. The van der Waals surface area contributed by atoms with Crippen LogP contribution in [-0.4, -0.2) is 13.2 Å². The van der Waals surface area contributed by atoms with E-state index in [1.54, 1.807) is 7.11 Å². The minimum Gasteiger partial charge on any atom is -0.496 e. The molecule has 72 valence electrons. The van der Waals surface area contributed by atoms with Crippen LogP contribution in [0.1, 0.15) is 11.1 Å². The molecule has 2 N–H and O–H groups in total. The summed E-state index contributed by atoms with van der Waals surface area (Å²) in [6.45, 7) is 0. The molecule has 1 aromatic rings. The first-order valence-corrected chi connectivity index (χ1v) is 4.21. The molecule has 0 saturated heterocycles. The van der Waals surface area contributed by atoms with Crippen LogP contribution in [0.3, 0.4) is 0 Å². The lowest BCUT2D eigenvalue weighted by Gasteiger charge is -2.05. The number of nitrogens with two attached hydrogens (primary N) is 1. The molecule has 1 aliphatic carbocycles. The Morgan fingerprint density at radius 1 is 1.38 bits per heavy atom. The van der Waals surface area contributed by atoms with Gasteiger partial charge in [-0.3, -0.25) is 0 Å². The number of hydrogen-bond acceptors (Lipinski definition) is 2. The van der Waals surface area contributed by atoms with Crippen LogP contribution in [0.25, 0.3) is 0 Å². The monoisotopic (exact) mass is 199 g/mol. The van der Waals surface area contributed by atoms with Crippen molar-refractivity contribution in [3.05, 3.63) is 29.3 Å². The van der Waals surface area contributed by atoms with E-state index in [1.807, 2.05) is 12.1 Å². The first-order valence-electron chi connectivity index (χ1n) is 4.21. The molecule has 0 aromatic heterocycles. The van der Waals surface area contributed by atoms with Gasteiger partial charge in [-0.2, -0.15) is 0 Å². The van der Waals surface area contributed by atoms with Crippen LogP contribution in [0.15, 0.2) is 18.2 Å². The van der Waals surface area contributed by atoms with Gasteiger partial charge in [0.15, 0.2) is 0 Å². The topological polar surface area (TPSA) is 35.2 Å². The van der Waals surface area contributed by atoms with Gasteiger partial charge in [-0.25, -0.2) is 0 Å². The normalized spacial score (nSPS) is 19.1. The first kappa shape index (κ1) is 10.4. The maximum atomic E-state index is 5.85. The summed E-state index contributed by atoms with van der Waals surface area (Å²) in [7, 11) is 1.71. The van der Waals surface area contributed by atoms with Crippen LogP contribution in [0, 0.1) is 0 Å². The number of benzene rings is 1. The summed E-state index contributed by atoms with van der Waals surface area (Å²) in [5, 5.41) is 0. The van der Waals surface area contributed by atoms with Crippen LogP contribution in [0.4, 0.5) is 0 Å². The fourth-order valence-corrected chi connectivity index (χ4v) is 1.84. The van der Waals surface area contributed by atoms with Gasteiger partial charge in [0.2, 0.25) is 0 Å². The summed E-state index contributed by atoms with van der Waals surface area (Å²) < 4.78 is 5.25. The van der Waals surface area contributed by atoms with Gasteiger partial charge < -0.3 is 10.5 Å². The third-order valence-electron chi connectivity index (χ3n) is 2.40. The van der Waals surface area contributed by atoms with Crippen molar-refractivity contribution >= 4 is 12.4 Å². The lowest BCUT2D eigenvalue weighted by molar-refractivity contribution is 0.410. The highest BCUT2D eigenvalue weighted by Crippen LogP contribution is 2.29. The number of fused-ring (bicyclic) bond motifs is 1. The fraction of sp³-hybridized carbons (Fsp3) is 0.400. The lowest BCUT2D eigenvalue weighted by atomic mass is 10.1. The Labute approximate surface area is 84.5 Å².